The molecule has 1 heterocycles. The van der Waals surface area contributed by atoms with Gasteiger partial charge in [0.2, 0.25) is 5.91 Å². The second kappa shape index (κ2) is 7.89. The number of rotatable bonds is 4. The highest BCUT2D eigenvalue weighted by atomic mass is 16.2. The van der Waals surface area contributed by atoms with Crippen LogP contribution in [0.15, 0.2) is 30.3 Å². The van der Waals surface area contributed by atoms with Gasteiger partial charge in [-0.3, -0.25) is 9.59 Å². The third-order valence-electron chi connectivity index (χ3n) is 5.20. The Bertz CT molecular complexity index is 668. The Morgan fingerprint density at radius 3 is 2.38 bits per heavy atom. The molecule has 1 aliphatic carbocycles. The molecule has 2 aliphatic rings. The van der Waals surface area contributed by atoms with Crippen LogP contribution in [0.2, 0.25) is 0 Å². The maximum Gasteiger partial charge on any atom is 0.318 e. The van der Waals surface area contributed by atoms with Crippen molar-refractivity contribution in [2.75, 3.05) is 4.90 Å². The first-order chi connectivity index (χ1) is 12.5. The van der Waals surface area contributed by atoms with E-state index in [1.807, 2.05) is 19.9 Å². The van der Waals surface area contributed by atoms with E-state index in [1.54, 1.807) is 24.3 Å². The van der Waals surface area contributed by atoms with Crippen molar-refractivity contribution in [1.82, 2.24) is 10.2 Å². The summed E-state index contributed by atoms with van der Waals surface area (Å²) in [6.07, 6.45) is 5.44. The van der Waals surface area contributed by atoms with Crippen molar-refractivity contribution in [1.29, 1.82) is 0 Å². The molecule has 6 heteroatoms. The van der Waals surface area contributed by atoms with Crippen LogP contribution < -0.4 is 10.2 Å². The Morgan fingerprint density at radius 1 is 1.12 bits per heavy atom. The Balaban J connectivity index is 1.76. The monoisotopic (exact) mass is 357 g/mol. The fourth-order valence-electron chi connectivity index (χ4n) is 3.91. The van der Waals surface area contributed by atoms with Crippen LogP contribution in [0, 0.1) is 0 Å². The molecule has 1 aromatic carbocycles. The van der Waals surface area contributed by atoms with E-state index in [4.69, 9.17) is 0 Å². The first-order valence-electron chi connectivity index (χ1n) is 9.49. The van der Waals surface area contributed by atoms with Crippen molar-refractivity contribution in [2.24, 2.45) is 0 Å². The Kier molecular flexibility index (Phi) is 5.59. The molecule has 4 amide bonds. The van der Waals surface area contributed by atoms with Crippen molar-refractivity contribution in [3.63, 3.8) is 0 Å². The lowest BCUT2D eigenvalue weighted by molar-refractivity contribution is -0.122. The first-order valence-corrected chi connectivity index (χ1v) is 9.49. The van der Waals surface area contributed by atoms with Gasteiger partial charge in [0.05, 0.1) is 12.1 Å². The Labute approximate surface area is 154 Å². The largest absolute Gasteiger partial charge is 0.335 e. The second-order valence-electron chi connectivity index (χ2n) is 7.41. The molecule has 1 aliphatic heterocycles. The zero-order chi connectivity index (χ0) is 18.7. The lowest BCUT2D eigenvalue weighted by Crippen LogP contribution is -2.54. The molecule has 1 atom stereocenters. The number of urea groups is 1. The molecule has 2 fully saturated rings. The molecule has 1 N–H and O–H groups in total. The van der Waals surface area contributed by atoms with Crippen molar-refractivity contribution in [3.8, 4) is 0 Å². The molecule has 3 rings (SSSR count). The minimum absolute atomic E-state index is 0.0317. The van der Waals surface area contributed by atoms with Gasteiger partial charge in [-0.1, -0.05) is 37.5 Å². The van der Waals surface area contributed by atoms with Gasteiger partial charge in [-0.25, -0.2) is 9.69 Å². The summed E-state index contributed by atoms with van der Waals surface area (Å²) in [5.74, 6) is -0.587. The summed E-state index contributed by atoms with van der Waals surface area (Å²) in [5, 5.41) is 3.07. The predicted molar refractivity (Wildman–Crippen MR) is 99.7 cm³/mol. The number of imide groups is 1. The molecule has 0 aromatic heterocycles. The van der Waals surface area contributed by atoms with Gasteiger partial charge in [-0.15, -0.1) is 0 Å². The van der Waals surface area contributed by atoms with Crippen molar-refractivity contribution < 1.29 is 14.4 Å². The van der Waals surface area contributed by atoms with Crippen molar-refractivity contribution >= 4 is 23.5 Å². The number of para-hydroxylation sites is 1. The fourth-order valence-corrected chi connectivity index (χ4v) is 3.91. The molecule has 140 valence electrons. The number of nitrogens with zero attached hydrogens (tertiary/aromatic N) is 2. The smallest absolute Gasteiger partial charge is 0.318 e. The van der Waals surface area contributed by atoms with Gasteiger partial charge < -0.3 is 10.2 Å². The molecule has 1 aromatic rings. The average Bonchev–Trinajstić information content (AvgIpc) is 2.90. The molecule has 0 spiro atoms. The predicted octanol–water partition coefficient (Wildman–Crippen LogP) is 3.07. The highest BCUT2D eigenvalue weighted by Crippen LogP contribution is 2.27. The van der Waals surface area contributed by atoms with Gasteiger partial charge in [-0.05, 0) is 38.8 Å². The Hall–Kier alpha value is -2.37. The van der Waals surface area contributed by atoms with Crippen LogP contribution in [-0.4, -0.2) is 40.9 Å². The van der Waals surface area contributed by atoms with Crippen molar-refractivity contribution in [2.45, 2.75) is 70.5 Å². The van der Waals surface area contributed by atoms with Crippen LogP contribution in [0.1, 0.15) is 52.4 Å². The summed E-state index contributed by atoms with van der Waals surface area (Å²) >= 11 is 0. The highest BCUT2D eigenvalue weighted by Gasteiger charge is 2.45. The lowest BCUT2D eigenvalue weighted by Gasteiger charge is -2.33. The van der Waals surface area contributed by atoms with Gasteiger partial charge in [0.25, 0.3) is 5.91 Å². The van der Waals surface area contributed by atoms with Crippen LogP contribution in [0.3, 0.4) is 0 Å². The van der Waals surface area contributed by atoms with Gasteiger partial charge in [-0.2, -0.15) is 0 Å². The quantitative estimate of drug-likeness (QED) is 0.842. The maximum absolute atomic E-state index is 12.9. The summed E-state index contributed by atoms with van der Waals surface area (Å²) in [7, 11) is 0. The van der Waals surface area contributed by atoms with Gasteiger partial charge >= 0.3 is 6.03 Å². The number of anilines is 1. The Morgan fingerprint density at radius 2 is 1.77 bits per heavy atom. The molecular formula is C20H27N3O3. The second-order valence-corrected chi connectivity index (χ2v) is 7.41. The first kappa shape index (κ1) is 18.4. The number of carbonyl (C=O) groups excluding carboxylic acids is 3. The van der Waals surface area contributed by atoms with Crippen LogP contribution >= 0.6 is 0 Å². The normalized spacial score (nSPS) is 21.3. The maximum atomic E-state index is 12.9. The molecular weight excluding hydrogens is 330 g/mol. The molecule has 0 radical (unpaired) electrons. The summed E-state index contributed by atoms with van der Waals surface area (Å²) in [5.41, 5.74) is 0.557. The van der Waals surface area contributed by atoms with E-state index < -0.39 is 6.04 Å². The van der Waals surface area contributed by atoms with E-state index in [9.17, 15) is 14.4 Å². The standard InChI is InChI=1S/C20H27N3O3/c1-14(2)22(20(26)21-15-9-5-3-6-10-15)17-13-18(24)23(19(17)25)16-11-7-4-8-12-16/h4,7-8,11-12,14-15,17H,3,5-6,9-10,13H2,1-2H3,(H,21,26). The van der Waals surface area contributed by atoms with E-state index in [-0.39, 0.29) is 36.3 Å². The highest BCUT2D eigenvalue weighted by molar-refractivity contribution is 6.23. The molecule has 0 bridgehead atoms. The van der Waals surface area contributed by atoms with Crippen LogP contribution in [0.25, 0.3) is 0 Å². The van der Waals surface area contributed by atoms with E-state index in [2.05, 4.69) is 5.32 Å². The van der Waals surface area contributed by atoms with Gasteiger partial charge in [0.15, 0.2) is 0 Å². The lowest BCUT2D eigenvalue weighted by atomic mass is 9.95. The third-order valence-corrected chi connectivity index (χ3v) is 5.20. The fraction of sp³-hybridized carbons (Fsp3) is 0.550. The van der Waals surface area contributed by atoms with E-state index in [0.29, 0.717) is 5.69 Å². The van der Waals surface area contributed by atoms with E-state index in [1.165, 1.54) is 16.2 Å². The van der Waals surface area contributed by atoms with E-state index >= 15 is 0 Å². The van der Waals surface area contributed by atoms with Gasteiger partial charge in [0, 0.05) is 12.1 Å². The average molecular weight is 357 g/mol. The van der Waals surface area contributed by atoms with E-state index in [0.717, 1.165) is 25.7 Å². The van der Waals surface area contributed by atoms with Crippen LogP contribution in [0.4, 0.5) is 10.5 Å². The number of nitrogens with one attached hydrogen (secondary N) is 1. The molecule has 1 saturated heterocycles. The SMILES string of the molecule is CC(C)N(C(=O)NC1CCCCC1)C1CC(=O)N(c2ccccc2)C1=O. The molecule has 26 heavy (non-hydrogen) atoms. The summed E-state index contributed by atoms with van der Waals surface area (Å²) in [6, 6.07) is 7.90. The molecule has 1 saturated carbocycles. The molecule has 1 unspecified atom stereocenters. The number of hydrogen-bond acceptors (Lipinski definition) is 3. The van der Waals surface area contributed by atoms with Crippen molar-refractivity contribution in [3.05, 3.63) is 30.3 Å². The van der Waals surface area contributed by atoms with Gasteiger partial charge in [0.1, 0.15) is 6.04 Å². The number of amides is 4. The summed E-state index contributed by atoms with van der Waals surface area (Å²) < 4.78 is 0. The zero-order valence-electron chi connectivity index (χ0n) is 15.5. The topological polar surface area (TPSA) is 69.7 Å². The minimum atomic E-state index is -0.744. The zero-order valence-corrected chi connectivity index (χ0v) is 15.5. The number of benzene rings is 1. The van der Waals surface area contributed by atoms with Crippen LogP contribution in [0.5, 0.6) is 0 Å². The molecule has 6 nitrogen and oxygen atoms in total. The number of carbonyl (C=O) groups is 3. The summed E-state index contributed by atoms with van der Waals surface area (Å²) in [6.45, 7) is 3.76. The van der Waals surface area contributed by atoms with Crippen LogP contribution in [-0.2, 0) is 9.59 Å². The minimum Gasteiger partial charge on any atom is -0.335 e. The summed E-state index contributed by atoms with van der Waals surface area (Å²) in [4.78, 5) is 41.0. The third kappa shape index (κ3) is 3.74. The number of hydrogen-bond donors (Lipinski definition) is 1.